The summed E-state index contributed by atoms with van der Waals surface area (Å²) >= 11 is 1.60. The highest BCUT2D eigenvalue weighted by atomic mass is 32.1. The van der Waals surface area contributed by atoms with Crippen LogP contribution in [-0.4, -0.2) is 34.3 Å². The quantitative estimate of drug-likeness (QED) is 0.504. The van der Waals surface area contributed by atoms with Crippen LogP contribution in [-0.2, 0) is 6.54 Å². The predicted molar refractivity (Wildman–Crippen MR) is 111 cm³/mol. The van der Waals surface area contributed by atoms with Crippen molar-refractivity contribution in [3.05, 3.63) is 69.7 Å². The molecule has 1 unspecified atom stereocenters. The Balaban J connectivity index is 1.39. The molecule has 4 rings (SSSR count). The summed E-state index contributed by atoms with van der Waals surface area (Å²) in [4.78, 5) is 15.3. The number of nitro groups is 1. The maximum Gasteiger partial charge on any atom is 0.278 e. The lowest BCUT2D eigenvalue weighted by atomic mass is 10.1. The molecule has 1 atom stereocenters. The monoisotopic (exact) mass is 395 g/mol. The third-order valence-corrected chi connectivity index (χ3v) is 6.01. The van der Waals surface area contributed by atoms with Gasteiger partial charge in [0.15, 0.2) is 5.82 Å². The van der Waals surface area contributed by atoms with Crippen LogP contribution in [0.4, 0.5) is 11.5 Å². The van der Waals surface area contributed by atoms with Gasteiger partial charge >= 0.3 is 0 Å². The molecule has 1 aromatic carbocycles. The van der Waals surface area contributed by atoms with Gasteiger partial charge in [0, 0.05) is 47.7 Å². The average molecular weight is 395 g/mol. The summed E-state index contributed by atoms with van der Waals surface area (Å²) in [6.45, 7) is 2.66. The van der Waals surface area contributed by atoms with Crippen LogP contribution in [0.3, 0.4) is 0 Å². The minimum Gasteiger partial charge on any atom is -0.354 e. The standard InChI is InChI=1S/C20H21N5O2S/c26-25(27)18-7-2-1-6-17(18)19-10-9-16(28-19)13-21-15-5-4-12-24(14-15)20-8-3-11-22-23-20/h1-3,6-11,15,21H,4-5,12-14H2. The molecule has 28 heavy (non-hydrogen) atoms. The van der Waals surface area contributed by atoms with Crippen molar-refractivity contribution in [1.82, 2.24) is 15.5 Å². The number of hydrogen-bond donors (Lipinski definition) is 1. The molecular formula is C20H21N5O2S. The summed E-state index contributed by atoms with van der Waals surface area (Å²) in [5, 5.41) is 23.1. The number of thiophene rings is 1. The molecule has 1 aliphatic rings. The molecule has 3 aromatic rings. The summed E-state index contributed by atoms with van der Waals surface area (Å²) in [7, 11) is 0. The first kappa shape index (κ1) is 18.5. The van der Waals surface area contributed by atoms with E-state index in [1.165, 1.54) is 4.88 Å². The zero-order valence-corrected chi connectivity index (χ0v) is 16.1. The summed E-state index contributed by atoms with van der Waals surface area (Å²) in [5.41, 5.74) is 0.825. The first-order valence-electron chi connectivity index (χ1n) is 9.29. The van der Waals surface area contributed by atoms with Gasteiger partial charge in [-0.1, -0.05) is 12.1 Å². The predicted octanol–water partition coefficient (Wildman–Crippen LogP) is 3.87. The molecule has 7 nitrogen and oxygen atoms in total. The minimum absolute atomic E-state index is 0.149. The van der Waals surface area contributed by atoms with Gasteiger partial charge in [0.05, 0.1) is 10.5 Å². The summed E-state index contributed by atoms with van der Waals surface area (Å²) in [6.07, 6.45) is 3.92. The highest BCUT2D eigenvalue weighted by Gasteiger charge is 2.21. The number of aromatic nitrogens is 2. The molecule has 1 N–H and O–H groups in total. The Morgan fingerprint density at radius 1 is 1.21 bits per heavy atom. The maximum atomic E-state index is 11.3. The van der Waals surface area contributed by atoms with E-state index < -0.39 is 0 Å². The fourth-order valence-electron chi connectivity index (χ4n) is 3.52. The van der Waals surface area contributed by atoms with Crippen LogP contribution in [0, 0.1) is 10.1 Å². The Hall–Kier alpha value is -2.84. The van der Waals surface area contributed by atoms with E-state index in [0.29, 0.717) is 11.6 Å². The number of nitrogens with one attached hydrogen (secondary N) is 1. The van der Waals surface area contributed by atoms with Gasteiger partial charge < -0.3 is 10.2 Å². The summed E-state index contributed by atoms with van der Waals surface area (Å²) < 4.78 is 0. The lowest BCUT2D eigenvalue weighted by Gasteiger charge is -2.33. The third-order valence-electron chi connectivity index (χ3n) is 4.90. The molecule has 8 heteroatoms. The fraction of sp³-hybridized carbons (Fsp3) is 0.300. The Labute approximate surface area is 167 Å². The van der Waals surface area contributed by atoms with E-state index in [0.717, 1.165) is 43.2 Å². The molecule has 0 aliphatic carbocycles. The number of anilines is 1. The van der Waals surface area contributed by atoms with Crippen molar-refractivity contribution in [1.29, 1.82) is 0 Å². The van der Waals surface area contributed by atoms with E-state index in [1.54, 1.807) is 35.7 Å². The van der Waals surface area contributed by atoms with Crippen LogP contribution in [0.1, 0.15) is 17.7 Å². The number of para-hydroxylation sites is 1. The molecule has 0 bridgehead atoms. The number of benzene rings is 1. The van der Waals surface area contributed by atoms with Crippen LogP contribution in [0.25, 0.3) is 10.4 Å². The highest BCUT2D eigenvalue weighted by molar-refractivity contribution is 7.15. The fourth-order valence-corrected chi connectivity index (χ4v) is 4.51. The van der Waals surface area contributed by atoms with E-state index in [-0.39, 0.29) is 10.6 Å². The molecular weight excluding hydrogens is 374 g/mol. The molecule has 0 saturated carbocycles. The van der Waals surface area contributed by atoms with Gasteiger partial charge in [-0.05, 0) is 43.2 Å². The van der Waals surface area contributed by atoms with E-state index in [9.17, 15) is 10.1 Å². The van der Waals surface area contributed by atoms with Crippen molar-refractivity contribution in [3.63, 3.8) is 0 Å². The molecule has 1 fully saturated rings. The summed E-state index contributed by atoms with van der Waals surface area (Å²) in [5.74, 6) is 0.920. The van der Waals surface area contributed by atoms with E-state index >= 15 is 0 Å². The van der Waals surface area contributed by atoms with Crippen LogP contribution in [0.15, 0.2) is 54.7 Å². The van der Waals surface area contributed by atoms with Crippen molar-refractivity contribution in [2.75, 3.05) is 18.0 Å². The Kier molecular flexibility index (Phi) is 5.59. The molecule has 0 spiro atoms. The van der Waals surface area contributed by atoms with Crippen molar-refractivity contribution >= 4 is 22.8 Å². The number of nitro benzene ring substituents is 1. The van der Waals surface area contributed by atoms with E-state index in [1.807, 2.05) is 30.3 Å². The highest BCUT2D eigenvalue weighted by Crippen LogP contribution is 2.34. The Morgan fingerprint density at radius 3 is 2.93 bits per heavy atom. The van der Waals surface area contributed by atoms with Gasteiger partial charge in [-0.15, -0.1) is 16.4 Å². The second kappa shape index (κ2) is 8.45. The van der Waals surface area contributed by atoms with Gasteiger partial charge in [-0.25, -0.2) is 0 Å². The molecule has 1 aliphatic heterocycles. The van der Waals surface area contributed by atoms with Crippen molar-refractivity contribution in [2.45, 2.75) is 25.4 Å². The first-order chi connectivity index (χ1) is 13.7. The zero-order valence-electron chi connectivity index (χ0n) is 15.3. The van der Waals surface area contributed by atoms with Gasteiger partial charge in [0.25, 0.3) is 5.69 Å². The number of hydrogen-bond acceptors (Lipinski definition) is 7. The molecule has 3 heterocycles. The minimum atomic E-state index is -0.323. The first-order valence-corrected chi connectivity index (χ1v) is 10.1. The second-order valence-electron chi connectivity index (χ2n) is 6.79. The Bertz CT molecular complexity index is 947. The van der Waals surface area contributed by atoms with Gasteiger partial charge in [-0.3, -0.25) is 10.1 Å². The number of nitrogens with zero attached hydrogens (tertiary/aromatic N) is 4. The third kappa shape index (κ3) is 4.18. The van der Waals surface area contributed by atoms with Crippen molar-refractivity contribution in [3.8, 4) is 10.4 Å². The number of rotatable bonds is 6. The molecule has 1 saturated heterocycles. The SMILES string of the molecule is O=[N+]([O-])c1ccccc1-c1ccc(CNC2CCCN(c3cccnn3)C2)s1. The van der Waals surface area contributed by atoms with E-state index in [2.05, 4.69) is 20.4 Å². The van der Waals surface area contributed by atoms with Crippen LogP contribution in [0.5, 0.6) is 0 Å². The largest absolute Gasteiger partial charge is 0.354 e. The average Bonchev–Trinajstić information content (AvgIpc) is 3.22. The normalized spacial score (nSPS) is 16.9. The zero-order chi connectivity index (χ0) is 19.3. The summed E-state index contributed by atoms with van der Waals surface area (Å²) in [6, 6.07) is 15.2. The lowest BCUT2D eigenvalue weighted by Crippen LogP contribution is -2.45. The molecule has 0 radical (unpaired) electrons. The van der Waals surface area contributed by atoms with Gasteiger partial charge in [-0.2, -0.15) is 5.10 Å². The topological polar surface area (TPSA) is 84.2 Å². The lowest BCUT2D eigenvalue weighted by molar-refractivity contribution is -0.384. The van der Waals surface area contributed by atoms with Gasteiger partial charge in [0.1, 0.15) is 0 Å². The number of piperidine rings is 1. The van der Waals surface area contributed by atoms with Crippen LogP contribution < -0.4 is 10.2 Å². The van der Waals surface area contributed by atoms with Crippen molar-refractivity contribution < 1.29 is 4.92 Å². The van der Waals surface area contributed by atoms with Crippen LogP contribution in [0.2, 0.25) is 0 Å². The maximum absolute atomic E-state index is 11.3. The molecule has 2 aromatic heterocycles. The van der Waals surface area contributed by atoms with Crippen LogP contribution >= 0.6 is 11.3 Å². The van der Waals surface area contributed by atoms with E-state index in [4.69, 9.17) is 0 Å². The smallest absolute Gasteiger partial charge is 0.278 e. The van der Waals surface area contributed by atoms with Crippen molar-refractivity contribution in [2.24, 2.45) is 0 Å². The van der Waals surface area contributed by atoms with Gasteiger partial charge in [0.2, 0.25) is 0 Å². The molecule has 144 valence electrons. The molecule has 0 amide bonds. The second-order valence-corrected chi connectivity index (χ2v) is 7.96. The Morgan fingerprint density at radius 2 is 2.11 bits per heavy atom.